The molecular weight excluding hydrogens is 432 g/mol. The zero-order valence-corrected chi connectivity index (χ0v) is 19.5. The summed E-state index contributed by atoms with van der Waals surface area (Å²) in [5.41, 5.74) is 1.71. The number of sulfonamides is 1. The summed E-state index contributed by atoms with van der Waals surface area (Å²) >= 11 is 0. The lowest BCUT2D eigenvalue weighted by molar-refractivity contribution is -0.116. The maximum absolute atomic E-state index is 12.9. The number of aromatic nitrogens is 2. The van der Waals surface area contributed by atoms with Gasteiger partial charge in [0.05, 0.1) is 28.7 Å². The molecular formula is C22H28N4O5S. The number of nitrogens with one attached hydrogen (secondary N) is 1. The second-order valence-electron chi connectivity index (χ2n) is 7.52. The Morgan fingerprint density at radius 3 is 2.25 bits per heavy atom. The number of carbonyl (C=O) groups is 1. The van der Waals surface area contributed by atoms with Gasteiger partial charge < -0.3 is 10.1 Å². The van der Waals surface area contributed by atoms with Crippen LogP contribution in [0.2, 0.25) is 0 Å². The van der Waals surface area contributed by atoms with E-state index in [0.717, 1.165) is 21.8 Å². The number of carbonyl (C=O) groups excluding carboxylic acids is 1. The number of ether oxygens (including phenoxy) is 1. The summed E-state index contributed by atoms with van der Waals surface area (Å²) in [6, 6.07) is 11.8. The summed E-state index contributed by atoms with van der Waals surface area (Å²) in [5.74, 6) is -0.0188. The van der Waals surface area contributed by atoms with E-state index in [0.29, 0.717) is 12.3 Å². The van der Waals surface area contributed by atoms with Crippen molar-refractivity contribution in [3.63, 3.8) is 0 Å². The van der Waals surface area contributed by atoms with Crippen molar-refractivity contribution in [3.05, 3.63) is 52.9 Å². The molecule has 3 aromatic rings. The van der Waals surface area contributed by atoms with Crippen LogP contribution in [0.4, 0.5) is 5.69 Å². The molecule has 1 amide bonds. The normalized spacial score (nSPS) is 11.8. The molecule has 0 aliphatic carbocycles. The van der Waals surface area contributed by atoms with Crippen LogP contribution in [0.3, 0.4) is 0 Å². The minimum atomic E-state index is -3.67. The summed E-state index contributed by atoms with van der Waals surface area (Å²) in [5, 5.41) is 2.71. The van der Waals surface area contributed by atoms with Crippen LogP contribution in [0.1, 0.15) is 19.8 Å². The Labute approximate surface area is 187 Å². The number of nitrogens with zero attached hydrogens (tertiary/aromatic N) is 3. The third-order valence-electron chi connectivity index (χ3n) is 5.16. The van der Waals surface area contributed by atoms with Crippen molar-refractivity contribution in [2.24, 2.45) is 0 Å². The van der Waals surface area contributed by atoms with Gasteiger partial charge >= 0.3 is 5.69 Å². The van der Waals surface area contributed by atoms with E-state index in [-0.39, 0.29) is 35.1 Å². The fraction of sp³-hybridized carbons (Fsp3) is 0.364. The van der Waals surface area contributed by atoms with Crippen molar-refractivity contribution in [1.29, 1.82) is 0 Å². The highest BCUT2D eigenvalue weighted by Crippen LogP contribution is 2.28. The van der Waals surface area contributed by atoms with Crippen LogP contribution >= 0.6 is 0 Å². The number of benzene rings is 2. The number of fused-ring (bicyclic) bond motifs is 1. The van der Waals surface area contributed by atoms with Gasteiger partial charge in [-0.3, -0.25) is 13.9 Å². The van der Waals surface area contributed by atoms with E-state index >= 15 is 0 Å². The van der Waals surface area contributed by atoms with Crippen LogP contribution in [-0.2, 0) is 27.9 Å². The number of imidazole rings is 1. The molecule has 0 radical (unpaired) electrons. The van der Waals surface area contributed by atoms with Crippen LogP contribution in [0, 0.1) is 0 Å². The van der Waals surface area contributed by atoms with Gasteiger partial charge in [-0.2, -0.15) is 0 Å². The van der Waals surface area contributed by atoms with Crippen molar-refractivity contribution in [2.75, 3.05) is 26.5 Å². The molecule has 0 bridgehead atoms. The van der Waals surface area contributed by atoms with Crippen LogP contribution in [-0.4, -0.2) is 49.0 Å². The van der Waals surface area contributed by atoms with E-state index in [2.05, 4.69) is 5.32 Å². The molecule has 1 N–H and O–H groups in total. The Hall–Kier alpha value is -3.11. The fourth-order valence-corrected chi connectivity index (χ4v) is 4.44. The van der Waals surface area contributed by atoms with Gasteiger partial charge in [0.15, 0.2) is 0 Å². The van der Waals surface area contributed by atoms with Gasteiger partial charge in [-0.05, 0) is 36.8 Å². The first-order valence-corrected chi connectivity index (χ1v) is 11.7. The molecule has 9 nitrogen and oxygen atoms in total. The summed E-state index contributed by atoms with van der Waals surface area (Å²) in [6.07, 6.45) is 0.855. The number of methoxy groups -OCH3 is 1. The Kier molecular flexibility index (Phi) is 7.05. The number of anilines is 1. The van der Waals surface area contributed by atoms with Gasteiger partial charge in [-0.15, -0.1) is 0 Å². The Balaban J connectivity index is 1.83. The van der Waals surface area contributed by atoms with E-state index in [1.807, 2.05) is 31.2 Å². The van der Waals surface area contributed by atoms with Gasteiger partial charge in [0.1, 0.15) is 5.75 Å². The molecule has 0 aliphatic heterocycles. The first-order chi connectivity index (χ1) is 15.2. The first-order valence-electron chi connectivity index (χ1n) is 10.3. The SMILES string of the molecule is CCCn1c(=O)n(CCC(=O)Nc2cc(S(=O)(=O)N(C)C)ccc2OC)c2ccccc21. The zero-order chi connectivity index (χ0) is 23.5. The van der Waals surface area contributed by atoms with Crippen molar-refractivity contribution in [2.45, 2.75) is 37.8 Å². The highest BCUT2D eigenvalue weighted by Gasteiger charge is 2.20. The minimum absolute atomic E-state index is 0.0356. The van der Waals surface area contributed by atoms with Crippen LogP contribution < -0.4 is 15.7 Å². The lowest BCUT2D eigenvalue weighted by Gasteiger charge is -2.15. The van der Waals surface area contributed by atoms with E-state index in [4.69, 9.17) is 4.74 Å². The Bertz CT molecular complexity index is 1290. The highest BCUT2D eigenvalue weighted by molar-refractivity contribution is 7.89. The number of aryl methyl sites for hydroxylation is 2. The molecule has 172 valence electrons. The Morgan fingerprint density at radius 2 is 1.69 bits per heavy atom. The largest absolute Gasteiger partial charge is 0.495 e. The predicted molar refractivity (Wildman–Crippen MR) is 124 cm³/mol. The number of para-hydroxylation sites is 2. The molecule has 3 rings (SSSR count). The molecule has 0 saturated carbocycles. The molecule has 0 atom stereocenters. The smallest absolute Gasteiger partial charge is 0.329 e. The van der Waals surface area contributed by atoms with Crippen LogP contribution in [0.15, 0.2) is 52.2 Å². The first kappa shape index (κ1) is 23.6. The number of hydrogen-bond donors (Lipinski definition) is 1. The minimum Gasteiger partial charge on any atom is -0.495 e. The second kappa shape index (κ2) is 9.58. The average Bonchev–Trinajstić information content (AvgIpc) is 3.03. The van der Waals surface area contributed by atoms with Gasteiger partial charge in [-0.1, -0.05) is 19.1 Å². The lowest BCUT2D eigenvalue weighted by Crippen LogP contribution is -2.26. The molecule has 0 spiro atoms. The van der Waals surface area contributed by atoms with E-state index in [9.17, 15) is 18.0 Å². The van der Waals surface area contributed by atoms with Gasteiger partial charge in [-0.25, -0.2) is 17.5 Å². The topological polar surface area (TPSA) is 103 Å². The molecule has 2 aromatic carbocycles. The lowest BCUT2D eigenvalue weighted by atomic mass is 10.2. The predicted octanol–water partition coefficient (Wildman–Crippen LogP) is 2.50. The van der Waals surface area contributed by atoms with Crippen molar-refractivity contribution in [1.82, 2.24) is 13.4 Å². The second-order valence-corrected chi connectivity index (χ2v) is 9.67. The van der Waals surface area contributed by atoms with Gasteiger partial charge in [0.25, 0.3) is 0 Å². The molecule has 32 heavy (non-hydrogen) atoms. The van der Waals surface area contributed by atoms with E-state index in [1.54, 1.807) is 9.13 Å². The number of amides is 1. The third-order valence-corrected chi connectivity index (χ3v) is 6.97. The molecule has 0 aliphatic rings. The monoisotopic (exact) mass is 460 g/mol. The maximum atomic E-state index is 12.9. The fourth-order valence-electron chi connectivity index (χ4n) is 3.51. The Morgan fingerprint density at radius 1 is 1.06 bits per heavy atom. The van der Waals surface area contributed by atoms with Crippen molar-refractivity contribution < 1.29 is 17.9 Å². The number of rotatable bonds is 9. The summed E-state index contributed by atoms with van der Waals surface area (Å²) in [7, 11) is 0.638. The van der Waals surface area contributed by atoms with Crippen LogP contribution in [0.5, 0.6) is 5.75 Å². The van der Waals surface area contributed by atoms with E-state index in [1.165, 1.54) is 39.4 Å². The highest BCUT2D eigenvalue weighted by atomic mass is 32.2. The molecule has 0 unspecified atom stereocenters. The molecule has 1 heterocycles. The van der Waals surface area contributed by atoms with Crippen molar-refractivity contribution in [3.8, 4) is 5.75 Å². The summed E-state index contributed by atoms with van der Waals surface area (Å²) < 4.78 is 34.5. The van der Waals surface area contributed by atoms with Crippen LogP contribution in [0.25, 0.3) is 11.0 Å². The third kappa shape index (κ3) is 4.56. The molecule has 10 heteroatoms. The zero-order valence-electron chi connectivity index (χ0n) is 18.7. The quantitative estimate of drug-likeness (QED) is 0.529. The molecule has 1 aromatic heterocycles. The molecule has 0 saturated heterocycles. The summed E-state index contributed by atoms with van der Waals surface area (Å²) in [6.45, 7) is 2.80. The van der Waals surface area contributed by atoms with Gasteiger partial charge in [0, 0.05) is 33.6 Å². The number of hydrogen-bond acceptors (Lipinski definition) is 5. The maximum Gasteiger partial charge on any atom is 0.329 e. The van der Waals surface area contributed by atoms with E-state index < -0.39 is 10.0 Å². The summed E-state index contributed by atoms with van der Waals surface area (Å²) in [4.78, 5) is 25.6. The van der Waals surface area contributed by atoms with Gasteiger partial charge in [0.2, 0.25) is 15.9 Å². The molecule has 0 fully saturated rings. The van der Waals surface area contributed by atoms with Crippen molar-refractivity contribution >= 4 is 32.7 Å². The standard InChI is InChI=1S/C22H28N4O5S/c1-5-13-25-18-8-6-7-9-19(18)26(22(25)28)14-12-21(27)23-17-15-16(10-11-20(17)31-4)32(29,30)24(2)3/h6-11,15H,5,12-14H2,1-4H3,(H,23,27). The average molecular weight is 461 g/mol.